The Kier molecular flexibility index (Phi) is 10.1. The van der Waals surface area contributed by atoms with Gasteiger partial charge in [0.15, 0.2) is 24.6 Å². The summed E-state index contributed by atoms with van der Waals surface area (Å²) in [5, 5.41) is -0.359. The molecule has 1 heterocycles. The molecule has 0 saturated carbocycles. The summed E-state index contributed by atoms with van der Waals surface area (Å²) in [5.74, 6) is -2.71. The summed E-state index contributed by atoms with van der Waals surface area (Å²) in [5.41, 5.74) is 0. The molecule has 164 valence electrons. The van der Waals surface area contributed by atoms with E-state index in [1.807, 2.05) is 0 Å². The Balaban J connectivity index is 3.26. The smallest absolute Gasteiger partial charge is 0.303 e. The van der Waals surface area contributed by atoms with Crippen LogP contribution in [0.1, 0.15) is 27.7 Å². The number of ether oxygens (including phenoxy) is 6. The number of carbonyl (C=O) groups excluding carboxylic acids is 4. The molecule has 0 aromatic carbocycles. The Morgan fingerprint density at radius 2 is 1.45 bits per heavy atom. The van der Waals surface area contributed by atoms with Gasteiger partial charge in [0.05, 0.1) is 6.61 Å². The Morgan fingerprint density at radius 3 is 1.93 bits per heavy atom. The molecule has 6 atom stereocenters. The second-order valence-electron chi connectivity index (χ2n) is 6.20. The quantitative estimate of drug-likeness (QED) is 0.238. The molecule has 1 fully saturated rings. The van der Waals surface area contributed by atoms with E-state index in [4.69, 9.17) is 28.4 Å². The molecule has 0 spiro atoms. The number of carbonyl (C=O) groups is 4. The minimum absolute atomic E-state index is 0.0281. The van der Waals surface area contributed by atoms with E-state index in [-0.39, 0.29) is 18.5 Å². The molecule has 0 amide bonds. The second kappa shape index (κ2) is 11.8. The summed E-state index contributed by atoms with van der Waals surface area (Å²) >= 11 is 4.23. The van der Waals surface area contributed by atoms with E-state index in [9.17, 15) is 19.2 Å². The zero-order valence-electron chi connectivity index (χ0n) is 16.7. The van der Waals surface area contributed by atoms with Gasteiger partial charge < -0.3 is 28.4 Å². The molecule has 0 N–H and O–H groups in total. The van der Waals surface area contributed by atoms with Crippen LogP contribution in [0, 0.1) is 0 Å². The number of rotatable bonds is 9. The van der Waals surface area contributed by atoms with Crippen molar-refractivity contribution in [1.82, 2.24) is 0 Å². The summed E-state index contributed by atoms with van der Waals surface area (Å²) in [4.78, 5) is 46.1. The Labute approximate surface area is 174 Å². The van der Waals surface area contributed by atoms with Crippen LogP contribution in [-0.4, -0.2) is 73.0 Å². The number of hydrogen-bond donors (Lipinski definition) is 1. The van der Waals surface area contributed by atoms with Gasteiger partial charge >= 0.3 is 23.9 Å². The fraction of sp³-hybridized carbons (Fsp3) is 0.667. The van der Waals surface area contributed by atoms with E-state index < -0.39 is 54.6 Å². The van der Waals surface area contributed by atoms with Gasteiger partial charge in [0, 0.05) is 32.9 Å². The van der Waals surface area contributed by atoms with E-state index in [1.54, 1.807) is 0 Å². The van der Waals surface area contributed by atoms with Crippen LogP contribution >= 0.6 is 12.6 Å². The van der Waals surface area contributed by atoms with Crippen molar-refractivity contribution in [2.45, 2.75) is 63.7 Å². The summed E-state index contributed by atoms with van der Waals surface area (Å²) in [7, 11) is 0. The highest BCUT2D eigenvalue weighted by molar-refractivity contribution is 7.81. The number of thiol groups is 1. The van der Waals surface area contributed by atoms with E-state index in [1.165, 1.54) is 13.0 Å². The lowest BCUT2D eigenvalue weighted by Gasteiger charge is -2.44. The highest BCUT2D eigenvalue weighted by Gasteiger charge is 2.52. The summed E-state index contributed by atoms with van der Waals surface area (Å²) in [6.07, 6.45) is -4.47. The molecule has 1 saturated heterocycles. The lowest BCUT2D eigenvalue weighted by molar-refractivity contribution is -0.307. The van der Waals surface area contributed by atoms with Crippen LogP contribution in [0.3, 0.4) is 0 Å². The first-order chi connectivity index (χ1) is 13.5. The monoisotopic (exact) mass is 434 g/mol. The average Bonchev–Trinajstić information content (AvgIpc) is 2.60. The molecule has 0 aromatic heterocycles. The van der Waals surface area contributed by atoms with Crippen molar-refractivity contribution in [2.24, 2.45) is 0 Å². The second-order valence-corrected chi connectivity index (χ2v) is 6.87. The van der Waals surface area contributed by atoms with Gasteiger partial charge in [0.2, 0.25) is 0 Å². The molecule has 0 aliphatic carbocycles. The largest absolute Gasteiger partial charge is 0.463 e. The maximum absolute atomic E-state index is 11.7. The van der Waals surface area contributed by atoms with Gasteiger partial charge in [-0.1, -0.05) is 6.08 Å². The van der Waals surface area contributed by atoms with Crippen molar-refractivity contribution in [3.8, 4) is 0 Å². The van der Waals surface area contributed by atoms with E-state index in [2.05, 4.69) is 19.2 Å². The van der Waals surface area contributed by atoms with Crippen LogP contribution in [0.2, 0.25) is 0 Å². The predicted octanol–water partition coefficient (Wildman–Crippen LogP) is 0.570. The van der Waals surface area contributed by atoms with Crippen molar-refractivity contribution in [3.05, 3.63) is 12.7 Å². The van der Waals surface area contributed by atoms with Gasteiger partial charge in [0.25, 0.3) is 0 Å². The Hall–Kier alpha value is -2.11. The molecule has 1 aliphatic rings. The lowest BCUT2D eigenvalue weighted by atomic mass is 9.98. The summed E-state index contributed by atoms with van der Waals surface area (Å²) in [6, 6.07) is 0. The number of hydrogen-bond acceptors (Lipinski definition) is 11. The van der Waals surface area contributed by atoms with Crippen LogP contribution in [0.15, 0.2) is 12.7 Å². The van der Waals surface area contributed by atoms with Gasteiger partial charge in [-0.25, -0.2) is 0 Å². The minimum Gasteiger partial charge on any atom is -0.463 e. The van der Waals surface area contributed by atoms with Crippen molar-refractivity contribution >= 4 is 36.5 Å². The highest BCUT2D eigenvalue weighted by atomic mass is 32.1. The third kappa shape index (κ3) is 8.42. The molecular weight excluding hydrogens is 408 g/mol. The normalized spacial score (nSPS) is 27.3. The van der Waals surface area contributed by atoms with Crippen LogP contribution in [0.4, 0.5) is 0 Å². The first kappa shape index (κ1) is 24.9. The molecule has 0 aromatic rings. The van der Waals surface area contributed by atoms with E-state index >= 15 is 0 Å². The predicted molar refractivity (Wildman–Crippen MR) is 101 cm³/mol. The van der Waals surface area contributed by atoms with Gasteiger partial charge in [-0.15, -0.1) is 6.58 Å². The van der Waals surface area contributed by atoms with Gasteiger partial charge in [0.1, 0.15) is 12.7 Å². The van der Waals surface area contributed by atoms with Gasteiger partial charge in [-0.3, -0.25) is 19.2 Å². The van der Waals surface area contributed by atoms with Gasteiger partial charge in [-0.2, -0.15) is 12.6 Å². The van der Waals surface area contributed by atoms with Crippen LogP contribution in [0.5, 0.6) is 0 Å². The first-order valence-corrected chi connectivity index (χ1v) is 9.29. The van der Waals surface area contributed by atoms with Crippen molar-refractivity contribution in [2.75, 3.05) is 13.2 Å². The molecule has 29 heavy (non-hydrogen) atoms. The maximum atomic E-state index is 11.7. The summed E-state index contributed by atoms with van der Waals surface area (Å²) < 4.78 is 32.1. The third-order valence-electron chi connectivity index (χ3n) is 3.65. The van der Waals surface area contributed by atoms with Crippen molar-refractivity contribution in [1.29, 1.82) is 0 Å². The Morgan fingerprint density at radius 1 is 0.931 bits per heavy atom. The van der Waals surface area contributed by atoms with Crippen molar-refractivity contribution < 1.29 is 47.6 Å². The minimum atomic E-state index is -1.26. The first-order valence-electron chi connectivity index (χ1n) is 8.77. The van der Waals surface area contributed by atoms with Crippen LogP contribution in [0.25, 0.3) is 0 Å². The SMILES string of the molecule is C=CC(S)CO[C@@H]1OC(COC(C)=O)[C@@H](OC(C)=O)[C@H](OC(C)=O)C1OC(C)=O. The van der Waals surface area contributed by atoms with Gasteiger partial charge in [-0.05, 0) is 0 Å². The third-order valence-corrected chi connectivity index (χ3v) is 4.01. The van der Waals surface area contributed by atoms with E-state index in [0.29, 0.717) is 0 Å². The molecule has 11 heteroatoms. The fourth-order valence-electron chi connectivity index (χ4n) is 2.58. The molecule has 1 aliphatic heterocycles. The lowest BCUT2D eigenvalue weighted by Crippen LogP contribution is -2.63. The average molecular weight is 434 g/mol. The zero-order valence-corrected chi connectivity index (χ0v) is 17.6. The molecule has 3 unspecified atom stereocenters. The highest BCUT2D eigenvalue weighted by Crippen LogP contribution is 2.30. The molecule has 10 nitrogen and oxygen atoms in total. The number of esters is 4. The summed E-state index contributed by atoms with van der Waals surface area (Å²) in [6.45, 7) is 7.93. The molecule has 1 rings (SSSR count). The fourth-order valence-corrected chi connectivity index (χ4v) is 2.67. The maximum Gasteiger partial charge on any atom is 0.303 e. The molecule has 0 bridgehead atoms. The van der Waals surface area contributed by atoms with E-state index in [0.717, 1.165) is 20.8 Å². The molecule has 0 radical (unpaired) electrons. The van der Waals surface area contributed by atoms with Crippen molar-refractivity contribution in [3.63, 3.8) is 0 Å². The van der Waals surface area contributed by atoms with Crippen LogP contribution < -0.4 is 0 Å². The standard InChI is InChI=1S/C18H26O10S/c1-6-13(29)7-24-18-17(27-12(5)22)16(26-11(4)21)15(25-10(3)20)14(28-18)8-23-9(2)19/h6,13-18,29H,1,7-8H2,2-5H3/t13?,14?,15-,16+,17?,18-/m1/s1. The molecular formula is C18H26O10S. The Bertz CT molecular complexity index is 622. The topological polar surface area (TPSA) is 124 Å². The van der Waals surface area contributed by atoms with Crippen LogP contribution in [-0.2, 0) is 47.6 Å². The zero-order chi connectivity index (χ0) is 22.1.